The molecule has 0 aromatic heterocycles. The summed E-state index contributed by atoms with van der Waals surface area (Å²) in [6, 6.07) is 5.53. The fraction of sp³-hybridized carbons (Fsp3) is 0.538. The Morgan fingerprint density at radius 1 is 1.31 bits per heavy atom. The molecule has 0 heterocycles. The van der Waals surface area contributed by atoms with Crippen LogP contribution in [0.1, 0.15) is 31.2 Å². The topological polar surface area (TPSA) is 26.0 Å². The van der Waals surface area contributed by atoms with Crippen molar-refractivity contribution < 1.29 is 4.39 Å². The first kappa shape index (κ1) is 11.9. The molecule has 16 heavy (non-hydrogen) atoms. The first-order valence-electron chi connectivity index (χ1n) is 5.95. The second-order valence-electron chi connectivity index (χ2n) is 4.33. The Labute approximate surface area is 101 Å². The van der Waals surface area contributed by atoms with Crippen molar-refractivity contribution in [3.63, 3.8) is 0 Å². The molecule has 0 unspecified atom stereocenters. The third-order valence-electron chi connectivity index (χ3n) is 3.03. The zero-order valence-electron chi connectivity index (χ0n) is 9.42. The number of benzene rings is 1. The van der Waals surface area contributed by atoms with Crippen molar-refractivity contribution in [1.82, 2.24) is 0 Å². The van der Waals surface area contributed by atoms with Gasteiger partial charge >= 0.3 is 0 Å². The third kappa shape index (κ3) is 2.98. The maximum Gasteiger partial charge on any atom is 0.137 e. The van der Waals surface area contributed by atoms with E-state index >= 15 is 0 Å². The van der Waals surface area contributed by atoms with E-state index in [4.69, 9.17) is 5.73 Å². The van der Waals surface area contributed by atoms with Gasteiger partial charge in [0.15, 0.2) is 0 Å². The second kappa shape index (κ2) is 5.69. The van der Waals surface area contributed by atoms with Crippen LogP contribution >= 0.6 is 11.8 Å². The molecule has 0 saturated heterocycles. The van der Waals surface area contributed by atoms with Gasteiger partial charge in [-0.3, -0.25) is 0 Å². The van der Waals surface area contributed by atoms with Crippen molar-refractivity contribution in [3.05, 3.63) is 29.6 Å². The highest BCUT2D eigenvalue weighted by molar-refractivity contribution is 8.00. The van der Waals surface area contributed by atoms with Crippen molar-refractivity contribution in [3.8, 4) is 0 Å². The average Bonchev–Trinajstić information content (AvgIpc) is 2.75. The van der Waals surface area contributed by atoms with Gasteiger partial charge in [0.25, 0.3) is 0 Å². The van der Waals surface area contributed by atoms with Crippen LogP contribution in [0.15, 0.2) is 23.1 Å². The second-order valence-corrected chi connectivity index (χ2v) is 5.67. The van der Waals surface area contributed by atoms with Gasteiger partial charge < -0.3 is 5.73 Å². The summed E-state index contributed by atoms with van der Waals surface area (Å²) in [5.41, 5.74) is 6.45. The predicted molar refractivity (Wildman–Crippen MR) is 67.3 cm³/mol. The molecular weight excluding hydrogens is 221 g/mol. The zero-order valence-corrected chi connectivity index (χ0v) is 10.2. The van der Waals surface area contributed by atoms with Crippen molar-refractivity contribution >= 4 is 11.8 Å². The van der Waals surface area contributed by atoms with E-state index in [2.05, 4.69) is 0 Å². The van der Waals surface area contributed by atoms with Crippen molar-refractivity contribution in [2.75, 3.05) is 6.54 Å². The van der Waals surface area contributed by atoms with Crippen LogP contribution in [-0.4, -0.2) is 11.8 Å². The Morgan fingerprint density at radius 2 is 2.06 bits per heavy atom. The van der Waals surface area contributed by atoms with Crippen molar-refractivity contribution in [1.29, 1.82) is 0 Å². The highest BCUT2D eigenvalue weighted by Crippen LogP contribution is 2.35. The summed E-state index contributed by atoms with van der Waals surface area (Å²) >= 11 is 1.70. The van der Waals surface area contributed by atoms with Gasteiger partial charge in [0.05, 0.1) is 0 Å². The molecule has 2 rings (SSSR count). The number of thioether (sulfide) groups is 1. The molecule has 1 saturated carbocycles. The molecule has 0 atom stereocenters. The van der Waals surface area contributed by atoms with Gasteiger partial charge in [-0.1, -0.05) is 18.9 Å². The number of nitrogens with two attached hydrogens (primary N) is 1. The van der Waals surface area contributed by atoms with Crippen molar-refractivity contribution in [2.45, 2.75) is 42.2 Å². The first-order chi connectivity index (χ1) is 7.79. The molecule has 1 aromatic carbocycles. The van der Waals surface area contributed by atoms with Crippen LogP contribution in [0.2, 0.25) is 0 Å². The zero-order chi connectivity index (χ0) is 11.4. The molecule has 0 bridgehead atoms. The van der Waals surface area contributed by atoms with Gasteiger partial charge in [-0.25, -0.2) is 4.39 Å². The summed E-state index contributed by atoms with van der Waals surface area (Å²) in [4.78, 5) is 0.799. The van der Waals surface area contributed by atoms with Crippen LogP contribution in [0.5, 0.6) is 0 Å². The molecule has 1 nitrogen and oxygen atoms in total. The normalized spacial score (nSPS) is 16.9. The summed E-state index contributed by atoms with van der Waals surface area (Å²) in [6.07, 6.45) is 5.81. The summed E-state index contributed by atoms with van der Waals surface area (Å²) in [6.45, 7) is 0.578. The lowest BCUT2D eigenvalue weighted by atomic mass is 10.1. The van der Waals surface area contributed by atoms with Gasteiger partial charge in [0, 0.05) is 10.1 Å². The highest BCUT2D eigenvalue weighted by atomic mass is 32.2. The SMILES string of the molecule is NCCc1ccc(SC2CCCC2)c(F)c1. The van der Waals surface area contributed by atoms with Gasteiger partial charge in [-0.2, -0.15) is 0 Å². The van der Waals surface area contributed by atoms with Gasteiger partial charge in [0.2, 0.25) is 0 Å². The van der Waals surface area contributed by atoms with E-state index in [0.717, 1.165) is 16.9 Å². The van der Waals surface area contributed by atoms with E-state index in [9.17, 15) is 4.39 Å². The molecule has 88 valence electrons. The van der Waals surface area contributed by atoms with E-state index < -0.39 is 0 Å². The molecule has 0 amide bonds. The minimum Gasteiger partial charge on any atom is -0.330 e. The lowest BCUT2D eigenvalue weighted by Crippen LogP contribution is -2.03. The minimum atomic E-state index is -0.0807. The number of hydrogen-bond acceptors (Lipinski definition) is 2. The van der Waals surface area contributed by atoms with Crippen LogP contribution in [0.3, 0.4) is 0 Å². The number of hydrogen-bond donors (Lipinski definition) is 1. The lowest BCUT2D eigenvalue weighted by Gasteiger charge is -2.10. The highest BCUT2D eigenvalue weighted by Gasteiger charge is 2.17. The Hall–Kier alpha value is -0.540. The predicted octanol–water partition coefficient (Wildman–Crippen LogP) is 3.36. The molecule has 2 N–H and O–H groups in total. The third-order valence-corrected chi connectivity index (χ3v) is 4.41. The summed E-state index contributed by atoms with van der Waals surface area (Å²) in [5, 5.41) is 0.620. The van der Waals surface area contributed by atoms with E-state index in [1.54, 1.807) is 17.8 Å². The number of rotatable bonds is 4. The summed E-state index contributed by atoms with van der Waals surface area (Å²) in [7, 11) is 0. The van der Waals surface area contributed by atoms with Crippen LogP contribution in [-0.2, 0) is 6.42 Å². The summed E-state index contributed by atoms with van der Waals surface area (Å²) in [5.74, 6) is -0.0807. The van der Waals surface area contributed by atoms with Crippen molar-refractivity contribution in [2.24, 2.45) is 5.73 Å². The monoisotopic (exact) mass is 239 g/mol. The van der Waals surface area contributed by atoms with Gasteiger partial charge in [-0.05, 0) is 43.5 Å². The van der Waals surface area contributed by atoms with Crippen LogP contribution in [0.25, 0.3) is 0 Å². The van der Waals surface area contributed by atoms with Gasteiger partial charge in [-0.15, -0.1) is 11.8 Å². The molecule has 0 aliphatic heterocycles. The smallest absolute Gasteiger partial charge is 0.137 e. The van der Waals surface area contributed by atoms with Crippen LogP contribution < -0.4 is 5.73 Å². The molecule has 1 aromatic rings. The Balaban J connectivity index is 2.03. The molecule has 1 aliphatic rings. The van der Waals surface area contributed by atoms with Crippen LogP contribution in [0.4, 0.5) is 4.39 Å². The Morgan fingerprint density at radius 3 is 2.69 bits per heavy atom. The molecule has 3 heteroatoms. The molecule has 0 radical (unpaired) electrons. The number of halogens is 1. The van der Waals surface area contributed by atoms with E-state index in [1.165, 1.54) is 25.7 Å². The first-order valence-corrected chi connectivity index (χ1v) is 6.82. The quantitative estimate of drug-likeness (QED) is 0.872. The maximum atomic E-state index is 13.8. The maximum absolute atomic E-state index is 13.8. The summed E-state index contributed by atoms with van der Waals surface area (Å²) < 4.78 is 13.8. The van der Waals surface area contributed by atoms with Gasteiger partial charge in [0.1, 0.15) is 5.82 Å². The average molecular weight is 239 g/mol. The molecular formula is C13H18FNS. The largest absolute Gasteiger partial charge is 0.330 e. The van der Waals surface area contributed by atoms with E-state index in [1.807, 2.05) is 12.1 Å². The van der Waals surface area contributed by atoms with E-state index in [-0.39, 0.29) is 5.82 Å². The molecule has 1 fully saturated rings. The standard InChI is InChI=1S/C13H18FNS/c14-12-9-10(7-8-15)5-6-13(12)16-11-3-1-2-4-11/h5-6,9,11H,1-4,7-8,15H2. The fourth-order valence-electron chi connectivity index (χ4n) is 2.15. The minimum absolute atomic E-state index is 0.0807. The lowest BCUT2D eigenvalue weighted by molar-refractivity contribution is 0.598. The Bertz CT molecular complexity index is 348. The fourth-order valence-corrected chi connectivity index (χ4v) is 3.39. The molecule has 1 aliphatic carbocycles. The Kier molecular flexibility index (Phi) is 4.24. The molecule has 0 spiro atoms. The van der Waals surface area contributed by atoms with Crippen LogP contribution in [0, 0.1) is 5.82 Å². The van der Waals surface area contributed by atoms with E-state index in [0.29, 0.717) is 11.8 Å².